The first-order chi connectivity index (χ1) is 11.9. The number of nitrogens with zero attached hydrogens (tertiary/aromatic N) is 2. The lowest BCUT2D eigenvalue weighted by Gasteiger charge is -2.16. The maximum absolute atomic E-state index is 11.8. The molecule has 0 radical (unpaired) electrons. The van der Waals surface area contributed by atoms with Crippen LogP contribution in [0.25, 0.3) is 0 Å². The van der Waals surface area contributed by atoms with E-state index in [9.17, 15) is 9.59 Å². The van der Waals surface area contributed by atoms with Gasteiger partial charge in [-0.3, -0.25) is 9.59 Å². The number of thioether (sulfide) groups is 1. The average Bonchev–Trinajstić information content (AvgIpc) is 3.16. The number of carbonyl (C=O) groups is 2. The standard InChI is InChI=1S/C16H14ClN3O3S2/c1-9(21)18-16-19-20(10(2)22)15(25-16)13-7-8-14(23-13)24-12-5-3-11(17)4-6-12/h3-8,15H,1-2H3,(H,18,19,21)/t15-/m1/s1. The summed E-state index contributed by atoms with van der Waals surface area (Å²) in [6, 6.07) is 11.1. The Bertz CT molecular complexity index is 835. The fraction of sp³-hybridized carbons (Fsp3) is 0.188. The van der Waals surface area contributed by atoms with Gasteiger partial charge in [0.1, 0.15) is 5.76 Å². The van der Waals surface area contributed by atoms with Crippen LogP contribution >= 0.6 is 35.1 Å². The summed E-state index contributed by atoms with van der Waals surface area (Å²) in [5, 5.41) is 9.32. The normalized spacial score (nSPS) is 16.7. The molecular formula is C16H14ClN3O3S2. The van der Waals surface area contributed by atoms with Crippen LogP contribution in [-0.4, -0.2) is 22.0 Å². The van der Waals surface area contributed by atoms with Crippen LogP contribution in [0.1, 0.15) is 25.0 Å². The maximum atomic E-state index is 11.8. The van der Waals surface area contributed by atoms with Gasteiger partial charge in [0.15, 0.2) is 15.6 Å². The molecule has 6 nitrogen and oxygen atoms in total. The number of carbonyl (C=O) groups excluding carboxylic acids is 2. The van der Waals surface area contributed by atoms with Gasteiger partial charge in [-0.05, 0) is 36.4 Å². The van der Waals surface area contributed by atoms with E-state index in [4.69, 9.17) is 16.0 Å². The fourth-order valence-electron chi connectivity index (χ4n) is 2.09. The smallest absolute Gasteiger partial charge is 0.241 e. The molecule has 0 aliphatic carbocycles. The third kappa shape index (κ3) is 4.39. The van der Waals surface area contributed by atoms with Gasteiger partial charge in [0.2, 0.25) is 11.8 Å². The van der Waals surface area contributed by atoms with Crippen LogP contribution in [-0.2, 0) is 9.59 Å². The molecule has 2 aromatic rings. The first kappa shape index (κ1) is 17.9. The molecule has 25 heavy (non-hydrogen) atoms. The van der Waals surface area contributed by atoms with Gasteiger partial charge in [0.05, 0.1) is 0 Å². The van der Waals surface area contributed by atoms with Crippen molar-refractivity contribution in [3.63, 3.8) is 0 Å². The van der Waals surface area contributed by atoms with Crippen LogP contribution in [0.5, 0.6) is 0 Å². The molecule has 1 aliphatic heterocycles. The Morgan fingerprint density at radius 3 is 2.60 bits per heavy atom. The van der Waals surface area contributed by atoms with Crippen molar-refractivity contribution in [3.8, 4) is 0 Å². The Morgan fingerprint density at radius 1 is 1.24 bits per heavy atom. The largest absolute Gasteiger partial charge is 0.451 e. The van der Waals surface area contributed by atoms with Crippen molar-refractivity contribution in [2.24, 2.45) is 5.10 Å². The summed E-state index contributed by atoms with van der Waals surface area (Å²) in [7, 11) is 0. The number of nitrogens with one attached hydrogen (secondary N) is 1. The van der Waals surface area contributed by atoms with Crippen molar-refractivity contribution in [2.45, 2.75) is 29.2 Å². The van der Waals surface area contributed by atoms with Gasteiger partial charge in [-0.1, -0.05) is 35.1 Å². The SMILES string of the molecule is CC(=O)NC1=NN(C(C)=O)[C@@H](c2ccc(Sc3ccc(Cl)cc3)o2)S1. The van der Waals surface area contributed by atoms with Crippen LogP contribution < -0.4 is 5.32 Å². The highest BCUT2D eigenvalue weighted by molar-refractivity contribution is 8.14. The number of benzene rings is 1. The summed E-state index contributed by atoms with van der Waals surface area (Å²) in [4.78, 5) is 24.0. The first-order valence-electron chi connectivity index (χ1n) is 7.28. The van der Waals surface area contributed by atoms with Gasteiger partial charge in [-0.15, -0.1) is 5.10 Å². The fourth-order valence-corrected chi connectivity index (χ4v) is 4.08. The predicted octanol–water partition coefficient (Wildman–Crippen LogP) is 4.09. The molecule has 1 aromatic carbocycles. The third-order valence-electron chi connectivity index (χ3n) is 3.13. The highest BCUT2D eigenvalue weighted by Crippen LogP contribution is 2.41. The Balaban J connectivity index is 1.75. The highest BCUT2D eigenvalue weighted by atomic mass is 35.5. The molecule has 2 amide bonds. The maximum Gasteiger partial charge on any atom is 0.241 e. The van der Waals surface area contributed by atoms with E-state index in [1.54, 1.807) is 6.07 Å². The van der Waals surface area contributed by atoms with E-state index in [2.05, 4.69) is 10.4 Å². The molecule has 0 bridgehead atoms. The zero-order valence-corrected chi connectivity index (χ0v) is 15.7. The van der Waals surface area contributed by atoms with Crippen LogP contribution in [0.4, 0.5) is 0 Å². The second-order valence-electron chi connectivity index (χ2n) is 5.13. The lowest BCUT2D eigenvalue weighted by Crippen LogP contribution is -2.25. The lowest BCUT2D eigenvalue weighted by atomic mass is 10.4. The van der Waals surface area contributed by atoms with Crippen molar-refractivity contribution >= 4 is 52.1 Å². The number of furan rings is 1. The van der Waals surface area contributed by atoms with Crippen LogP contribution in [0.15, 0.2) is 55.9 Å². The number of hydrazone groups is 1. The molecule has 0 fully saturated rings. The van der Waals surface area contributed by atoms with E-state index in [0.29, 0.717) is 21.0 Å². The molecule has 130 valence electrons. The van der Waals surface area contributed by atoms with Crippen molar-refractivity contribution in [3.05, 3.63) is 47.2 Å². The predicted molar refractivity (Wildman–Crippen MR) is 98.4 cm³/mol. The highest BCUT2D eigenvalue weighted by Gasteiger charge is 2.34. The Kier molecular flexibility index (Phi) is 5.41. The molecule has 1 N–H and O–H groups in total. The number of hydrogen-bond acceptors (Lipinski definition) is 6. The Labute approximate surface area is 158 Å². The first-order valence-corrected chi connectivity index (χ1v) is 9.35. The van der Waals surface area contributed by atoms with E-state index >= 15 is 0 Å². The van der Waals surface area contributed by atoms with Crippen molar-refractivity contribution in [1.82, 2.24) is 10.3 Å². The number of rotatable bonds is 3. The Hall–Kier alpha value is -1.90. The summed E-state index contributed by atoms with van der Waals surface area (Å²) < 4.78 is 5.86. The number of hydrogen-bond donors (Lipinski definition) is 1. The van der Waals surface area contributed by atoms with Crippen molar-refractivity contribution in [1.29, 1.82) is 0 Å². The van der Waals surface area contributed by atoms with E-state index in [1.165, 1.54) is 42.4 Å². The van der Waals surface area contributed by atoms with Gasteiger partial charge in [0, 0.05) is 23.8 Å². The topological polar surface area (TPSA) is 74.9 Å². The summed E-state index contributed by atoms with van der Waals surface area (Å²) in [5.74, 6) is 0.107. The molecule has 1 aliphatic rings. The van der Waals surface area contributed by atoms with Crippen LogP contribution in [0.2, 0.25) is 5.02 Å². The summed E-state index contributed by atoms with van der Waals surface area (Å²) >= 11 is 8.59. The summed E-state index contributed by atoms with van der Waals surface area (Å²) in [5.41, 5.74) is 0. The molecule has 1 aromatic heterocycles. The molecule has 0 spiro atoms. The molecule has 0 saturated carbocycles. The number of halogens is 1. The monoisotopic (exact) mass is 395 g/mol. The molecule has 9 heteroatoms. The zero-order chi connectivity index (χ0) is 18.0. The minimum atomic E-state index is -0.445. The van der Waals surface area contributed by atoms with Crippen LogP contribution in [0.3, 0.4) is 0 Å². The number of amides is 2. The second-order valence-corrected chi connectivity index (χ2v) is 7.72. The van der Waals surface area contributed by atoms with Crippen molar-refractivity contribution in [2.75, 3.05) is 0 Å². The average molecular weight is 396 g/mol. The van der Waals surface area contributed by atoms with Gasteiger partial charge in [0.25, 0.3) is 0 Å². The summed E-state index contributed by atoms with van der Waals surface area (Å²) in [6.45, 7) is 2.81. The molecule has 0 unspecified atom stereocenters. The molecule has 3 rings (SSSR count). The van der Waals surface area contributed by atoms with Crippen molar-refractivity contribution < 1.29 is 14.0 Å². The second kappa shape index (κ2) is 7.55. The van der Waals surface area contributed by atoms with Gasteiger partial charge >= 0.3 is 0 Å². The van der Waals surface area contributed by atoms with Gasteiger partial charge in [-0.25, -0.2) is 5.01 Å². The zero-order valence-electron chi connectivity index (χ0n) is 13.4. The molecule has 2 heterocycles. The van der Waals surface area contributed by atoms with Gasteiger partial charge < -0.3 is 9.73 Å². The van der Waals surface area contributed by atoms with E-state index in [1.807, 2.05) is 30.3 Å². The van der Waals surface area contributed by atoms with E-state index in [-0.39, 0.29) is 11.8 Å². The summed E-state index contributed by atoms with van der Waals surface area (Å²) in [6.07, 6.45) is 0. The minimum absolute atomic E-state index is 0.235. The van der Waals surface area contributed by atoms with E-state index < -0.39 is 5.37 Å². The van der Waals surface area contributed by atoms with Crippen LogP contribution in [0, 0.1) is 0 Å². The van der Waals surface area contributed by atoms with E-state index in [0.717, 1.165) is 4.90 Å². The number of amidine groups is 1. The quantitative estimate of drug-likeness (QED) is 0.847. The third-order valence-corrected chi connectivity index (χ3v) is 5.37. The molecule has 0 saturated heterocycles. The molecule has 1 atom stereocenters. The molecular weight excluding hydrogens is 382 g/mol. The Morgan fingerprint density at radius 2 is 1.96 bits per heavy atom. The van der Waals surface area contributed by atoms with Gasteiger partial charge in [-0.2, -0.15) is 0 Å². The lowest BCUT2D eigenvalue weighted by molar-refractivity contribution is -0.129. The minimum Gasteiger partial charge on any atom is -0.451 e.